The first-order chi connectivity index (χ1) is 6.59. The van der Waals surface area contributed by atoms with Crippen LogP contribution in [-0.2, 0) is 5.75 Å². The molecule has 78 valence electrons. The molecule has 0 aliphatic carbocycles. The average Bonchev–Trinajstić information content (AvgIpc) is 2.16. The van der Waals surface area contributed by atoms with Crippen LogP contribution < -0.4 is 0 Å². The minimum atomic E-state index is 0.735. The van der Waals surface area contributed by atoms with E-state index in [1.54, 1.807) is 0 Å². The van der Waals surface area contributed by atoms with Gasteiger partial charge in [0.05, 0.1) is 0 Å². The van der Waals surface area contributed by atoms with Gasteiger partial charge in [-0.1, -0.05) is 48.8 Å². The van der Waals surface area contributed by atoms with E-state index in [0.717, 1.165) is 21.4 Å². The van der Waals surface area contributed by atoms with Gasteiger partial charge in [-0.15, -0.1) is 0 Å². The van der Waals surface area contributed by atoms with Crippen LogP contribution in [0.4, 0.5) is 0 Å². The number of hydrogen-bond acceptors (Lipinski definition) is 1. The van der Waals surface area contributed by atoms with E-state index in [1.165, 1.54) is 5.56 Å². The molecule has 1 aromatic rings. The molecule has 1 aromatic carbocycles. The van der Waals surface area contributed by atoms with E-state index in [4.69, 9.17) is 0 Å². The van der Waals surface area contributed by atoms with Crippen LogP contribution in [0.25, 0.3) is 0 Å². The zero-order valence-electron chi connectivity index (χ0n) is 8.96. The molecule has 1 unspecified atom stereocenters. The van der Waals surface area contributed by atoms with Crippen molar-refractivity contribution in [2.45, 2.75) is 31.8 Å². The van der Waals surface area contributed by atoms with Crippen molar-refractivity contribution < 1.29 is 0 Å². The van der Waals surface area contributed by atoms with Crippen LogP contribution in [0, 0.1) is 5.92 Å². The topological polar surface area (TPSA) is 0 Å². The third-order valence-corrected chi connectivity index (χ3v) is 4.46. The van der Waals surface area contributed by atoms with Gasteiger partial charge in [0.2, 0.25) is 0 Å². The summed E-state index contributed by atoms with van der Waals surface area (Å²) in [7, 11) is 0. The fourth-order valence-electron chi connectivity index (χ4n) is 1.00. The van der Waals surface area contributed by atoms with Crippen LogP contribution in [-0.4, -0.2) is 5.25 Å². The zero-order valence-corrected chi connectivity index (χ0v) is 11.4. The molecular weight excluding hydrogens is 256 g/mol. The molecular formula is C12H17BrS. The minimum Gasteiger partial charge on any atom is -0.154 e. The average molecular weight is 273 g/mol. The van der Waals surface area contributed by atoms with Gasteiger partial charge in [-0.2, -0.15) is 11.8 Å². The van der Waals surface area contributed by atoms with Crippen molar-refractivity contribution in [2.75, 3.05) is 0 Å². The Morgan fingerprint density at radius 1 is 1.14 bits per heavy atom. The molecule has 0 heterocycles. The Morgan fingerprint density at radius 2 is 1.71 bits per heavy atom. The molecule has 0 radical (unpaired) electrons. The molecule has 1 rings (SSSR count). The Bertz CT molecular complexity index is 266. The Balaban J connectivity index is 2.42. The van der Waals surface area contributed by atoms with Crippen molar-refractivity contribution in [3.63, 3.8) is 0 Å². The summed E-state index contributed by atoms with van der Waals surface area (Å²) in [6.07, 6.45) is 0. The number of hydrogen-bond donors (Lipinski definition) is 0. The van der Waals surface area contributed by atoms with Crippen LogP contribution in [0.1, 0.15) is 26.3 Å². The molecule has 0 saturated carbocycles. The van der Waals surface area contributed by atoms with Crippen molar-refractivity contribution in [2.24, 2.45) is 5.92 Å². The van der Waals surface area contributed by atoms with Crippen LogP contribution in [0.2, 0.25) is 0 Å². The fourth-order valence-corrected chi connectivity index (χ4v) is 2.30. The summed E-state index contributed by atoms with van der Waals surface area (Å²) < 4.78 is 1.16. The first kappa shape index (κ1) is 12.1. The van der Waals surface area contributed by atoms with Crippen molar-refractivity contribution in [3.05, 3.63) is 34.3 Å². The van der Waals surface area contributed by atoms with Gasteiger partial charge in [0.15, 0.2) is 0 Å². The maximum atomic E-state index is 3.44. The van der Waals surface area contributed by atoms with E-state index >= 15 is 0 Å². The van der Waals surface area contributed by atoms with E-state index in [-0.39, 0.29) is 0 Å². The van der Waals surface area contributed by atoms with E-state index in [2.05, 4.69) is 61.0 Å². The number of benzene rings is 1. The summed E-state index contributed by atoms with van der Waals surface area (Å²) in [5.74, 6) is 1.88. The highest BCUT2D eigenvalue weighted by Crippen LogP contribution is 2.23. The molecule has 0 amide bonds. The predicted octanol–water partition coefficient (Wildman–Crippen LogP) is 4.73. The SMILES string of the molecule is CC(C)C(C)SCc1ccc(Br)cc1. The maximum absolute atomic E-state index is 3.44. The molecule has 0 bridgehead atoms. The number of halogens is 1. The van der Waals surface area contributed by atoms with E-state index in [9.17, 15) is 0 Å². The molecule has 0 aliphatic rings. The van der Waals surface area contributed by atoms with Crippen molar-refractivity contribution in [3.8, 4) is 0 Å². The third-order valence-electron chi connectivity index (χ3n) is 2.36. The second-order valence-corrected chi connectivity index (χ2v) is 6.17. The van der Waals surface area contributed by atoms with Gasteiger partial charge < -0.3 is 0 Å². The van der Waals surface area contributed by atoms with Gasteiger partial charge in [0, 0.05) is 15.5 Å². The normalized spacial score (nSPS) is 13.2. The Hall–Kier alpha value is 0.0500. The first-order valence-electron chi connectivity index (χ1n) is 4.95. The fraction of sp³-hybridized carbons (Fsp3) is 0.500. The highest BCUT2D eigenvalue weighted by molar-refractivity contribution is 9.10. The van der Waals surface area contributed by atoms with E-state index in [1.807, 2.05) is 11.8 Å². The summed E-state index contributed by atoms with van der Waals surface area (Å²) in [4.78, 5) is 0. The van der Waals surface area contributed by atoms with E-state index < -0.39 is 0 Å². The highest BCUT2D eigenvalue weighted by Gasteiger charge is 2.07. The molecule has 0 aliphatic heterocycles. The first-order valence-corrected chi connectivity index (χ1v) is 6.80. The molecule has 0 nitrogen and oxygen atoms in total. The minimum absolute atomic E-state index is 0.735. The molecule has 0 fully saturated rings. The van der Waals surface area contributed by atoms with Gasteiger partial charge in [0.25, 0.3) is 0 Å². The van der Waals surface area contributed by atoms with Gasteiger partial charge in [-0.05, 0) is 23.6 Å². The summed E-state index contributed by atoms with van der Waals surface area (Å²) in [6.45, 7) is 6.85. The summed E-state index contributed by atoms with van der Waals surface area (Å²) in [5, 5.41) is 0.735. The molecule has 0 spiro atoms. The maximum Gasteiger partial charge on any atom is 0.0187 e. The van der Waals surface area contributed by atoms with Crippen LogP contribution >= 0.6 is 27.7 Å². The second-order valence-electron chi connectivity index (χ2n) is 3.89. The molecule has 0 saturated heterocycles. The standard InChI is InChI=1S/C12H17BrS/c1-9(2)10(3)14-8-11-4-6-12(13)7-5-11/h4-7,9-10H,8H2,1-3H3. The molecule has 1 atom stereocenters. The Labute approximate surface area is 99.6 Å². The number of thioether (sulfide) groups is 1. The molecule has 14 heavy (non-hydrogen) atoms. The van der Waals surface area contributed by atoms with E-state index in [0.29, 0.717) is 0 Å². The van der Waals surface area contributed by atoms with Gasteiger partial charge in [-0.25, -0.2) is 0 Å². The lowest BCUT2D eigenvalue weighted by molar-refractivity contribution is 0.642. The largest absolute Gasteiger partial charge is 0.154 e. The van der Waals surface area contributed by atoms with Gasteiger partial charge in [-0.3, -0.25) is 0 Å². The smallest absolute Gasteiger partial charge is 0.0187 e. The van der Waals surface area contributed by atoms with Crippen molar-refractivity contribution >= 4 is 27.7 Å². The lowest BCUT2D eigenvalue weighted by atomic mass is 10.2. The Kier molecular flexibility index (Phi) is 5.04. The van der Waals surface area contributed by atoms with Gasteiger partial charge >= 0.3 is 0 Å². The van der Waals surface area contributed by atoms with Crippen LogP contribution in [0.5, 0.6) is 0 Å². The molecule has 0 N–H and O–H groups in total. The predicted molar refractivity (Wildman–Crippen MR) is 69.7 cm³/mol. The van der Waals surface area contributed by atoms with Crippen molar-refractivity contribution in [1.82, 2.24) is 0 Å². The van der Waals surface area contributed by atoms with Crippen molar-refractivity contribution in [1.29, 1.82) is 0 Å². The number of rotatable bonds is 4. The Morgan fingerprint density at radius 3 is 2.21 bits per heavy atom. The summed E-state index contributed by atoms with van der Waals surface area (Å²) >= 11 is 5.47. The molecule has 0 aromatic heterocycles. The molecule has 2 heteroatoms. The zero-order chi connectivity index (χ0) is 10.6. The quantitative estimate of drug-likeness (QED) is 0.764. The monoisotopic (exact) mass is 272 g/mol. The summed E-state index contributed by atoms with van der Waals surface area (Å²) in [6, 6.07) is 8.58. The lowest BCUT2D eigenvalue weighted by Gasteiger charge is -2.14. The third kappa shape index (κ3) is 4.05. The summed E-state index contributed by atoms with van der Waals surface area (Å²) in [5.41, 5.74) is 1.41. The van der Waals surface area contributed by atoms with Crippen LogP contribution in [0.3, 0.4) is 0 Å². The second kappa shape index (κ2) is 5.82. The highest BCUT2D eigenvalue weighted by atomic mass is 79.9. The lowest BCUT2D eigenvalue weighted by Crippen LogP contribution is -2.05. The van der Waals surface area contributed by atoms with Gasteiger partial charge in [0.1, 0.15) is 0 Å². The van der Waals surface area contributed by atoms with Crippen LogP contribution in [0.15, 0.2) is 28.7 Å².